The number of imidazole rings is 5. The first-order valence-corrected chi connectivity index (χ1v) is 35.0. The Morgan fingerprint density at radius 3 is 1.55 bits per heavy atom. The second-order valence-corrected chi connectivity index (χ2v) is 27.5. The van der Waals surface area contributed by atoms with E-state index in [2.05, 4.69) is 98.2 Å². The first-order valence-electron chi connectivity index (χ1n) is 40.1. The molecule has 1 aromatic carbocycles. The molecular formula is C81H62N23OS+5. The molecule has 21 aromatic rings. The fraction of sp³-hybridized carbons (Fsp3) is 0.123. The molecule has 0 unspecified atom stereocenters. The maximum absolute atomic E-state index is 8.30. The Morgan fingerprint density at radius 2 is 0.925 bits per heavy atom. The van der Waals surface area contributed by atoms with Crippen LogP contribution in [-0.4, -0.2) is 86.5 Å². The van der Waals surface area contributed by atoms with Gasteiger partial charge in [0.1, 0.15) is 46.4 Å². The number of rotatable bonds is 1. The van der Waals surface area contributed by atoms with Gasteiger partial charge in [-0.15, -0.1) is 19.2 Å². The van der Waals surface area contributed by atoms with Crippen molar-refractivity contribution in [1.82, 2.24) is 86.5 Å². The first-order chi connectivity index (χ1) is 57.1. The van der Waals surface area contributed by atoms with Gasteiger partial charge in [-0.05, 0) is 103 Å². The monoisotopic (exact) mass is 1420 g/mol. The number of furan rings is 1. The van der Waals surface area contributed by atoms with Gasteiger partial charge in [0.2, 0.25) is 38.9 Å². The van der Waals surface area contributed by atoms with Crippen LogP contribution in [0, 0.1) is 0 Å². The summed E-state index contributed by atoms with van der Waals surface area (Å²) in [6, 6.07) is 42.8. The van der Waals surface area contributed by atoms with Crippen LogP contribution in [0.2, 0.25) is 0 Å². The molecule has 25 heteroatoms. The second-order valence-electron chi connectivity index (χ2n) is 26.5. The molecule has 0 aliphatic carbocycles. The van der Waals surface area contributed by atoms with E-state index in [0.717, 1.165) is 111 Å². The van der Waals surface area contributed by atoms with E-state index in [1.165, 1.54) is 40.7 Å². The summed E-state index contributed by atoms with van der Waals surface area (Å²) in [5.41, 5.74) is 23.7. The minimum absolute atomic E-state index is 0.512. The van der Waals surface area contributed by atoms with E-state index in [0.29, 0.717) is 88.2 Å². The number of para-hydroxylation sites is 1. The molecule has 106 heavy (non-hydrogen) atoms. The molecule has 0 fully saturated rings. The summed E-state index contributed by atoms with van der Waals surface area (Å²) in [5, 5.41) is 8.80. The summed E-state index contributed by atoms with van der Waals surface area (Å²) in [4.78, 5) is 35.2. The largest absolute Gasteiger partial charge is 0.417 e. The van der Waals surface area contributed by atoms with Gasteiger partial charge < -0.3 is 4.42 Å². The third-order valence-electron chi connectivity index (χ3n) is 20.8. The maximum atomic E-state index is 8.30. The molecule has 0 atom stereocenters. The van der Waals surface area contributed by atoms with E-state index in [9.17, 15) is 0 Å². The molecule has 26 rings (SSSR count). The quantitative estimate of drug-likeness (QED) is 0.142. The van der Waals surface area contributed by atoms with E-state index in [1.54, 1.807) is 90.0 Å². The molecule has 0 N–H and O–H groups in total. The van der Waals surface area contributed by atoms with Crippen molar-refractivity contribution in [2.75, 3.05) is 0 Å². The summed E-state index contributed by atoms with van der Waals surface area (Å²) in [5.74, 6) is 3.92. The summed E-state index contributed by atoms with van der Waals surface area (Å²) < 4.78 is 128. The van der Waals surface area contributed by atoms with Crippen molar-refractivity contribution in [2.24, 2.45) is 35.0 Å². The molecule has 0 amide bonds. The lowest BCUT2D eigenvalue weighted by molar-refractivity contribution is -0.652. The van der Waals surface area contributed by atoms with Crippen LogP contribution < -0.4 is 22.8 Å². The zero-order valence-corrected chi connectivity index (χ0v) is 56.8. The fourth-order valence-electron chi connectivity index (χ4n) is 16.4. The topological polar surface area (TPSA) is 200 Å². The number of fused-ring (bicyclic) bond motifs is 35. The van der Waals surface area contributed by atoms with Crippen molar-refractivity contribution in [3.05, 3.63) is 254 Å². The average molecular weight is 1420 g/mol. The molecule has 5 aliphatic rings. The van der Waals surface area contributed by atoms with Crippen LogP contribution in [0.1, 0.15) is 44.3 Å². The lowest BCUT2D eigenvalue weighted by atomic mass is 10.2. The van der Waals surface area contributed by atoms with E-state index in [4.69, 9.17) is 20.9 Å². The summed E-state index contributed by atoms with van der Waals surface area (Å²) >= 11 is 1.58. The van der Waals surface area contributed by atoms with Gasteiger partial charge in [-0.1, -0.05) is 29.5 Å². The third-order valence-corrected chi connectivity index (χ3v) is 22.0. The third kappa shape index (κ3) is 8.40. The van der Waals surface area contributed by atoms with Gasteiger partial charge in [0.05, 0.1) is 116 Å². The molecular weight excluding hydrogens is 1340 g/mol. The number of thiophene rings is 1. The first kappa shape index (κ1) is 48.9. The van der Waals surface area contributed by atoms with Crippen molar-refractivity contribution < 1.29 is 43.7 Å². The Balaban J connectivity index is 0.0000000894. The highest BCUT2D eigenvalue weighted by atomic mass is 32.1. The van der Waals surface area contributed by atoms with Gasteiger partial charge in [-0.3, -0.25) is 34.5 Å². The molecule has 5 aliphatic heterocycles. The van der Waals surface area contributed by atoms with Crippen LogP contribution in [-0.2, 0) is 67.7 Å². The van der Waals surface area contributed by atoms with E-state index in [-0.39, 0.29) is 0 Å². The van der Waals surface area contributed by atoms with Gasteiger partial charge in [0, 0.05) is 121 Å². The van der Waals surface area contributed by atoms with E-state index >= 15 is 0 Å². The summed E-state index contributed by atoms with van der Waals surface area (Å²) in [6.07, 6.45) is 26.3. The van der Waals surface area contributed by atoms with Crippen molar-refractivity contribution in [3.63, 3.8) is 0 Å². The Hall–Kier alpha value is -13.8. The zero-order chi connectivity index (χ0) is 80.3. The molecule has 0 saturated carbocycles. The van der Waals surface area contributed by atoms with Gasteiger partial charge in [0.15, 0.2) is 22.1 Å². The van der Waals surface area contributed by atoms with E-state index < -0.39 is 27.9 Å². The highest BCUT2D eigenvalue weighted by molar-refractivity contribution is 7.25. The van der Waals surface area contributed by atoms with Gasteiger partial charge in [-0.2, -0.15) is 4.57 Å². The molecule has 25 heterocycles. The number of benzene rings is 1. The van der Waals surface area contributed by atoms with Crippen molar-refractivity contribution >= 4 is 110 Å². The van der Waals surface area contributed by atoms with Crippen LogP contribution >= 0.6 is 11.3 Å². The predicted molar refractivity (Wildman–Crippen MR) is 400 cm³/mol. The van der Waals surface area contributed by atoms with Crippen molar-refractivity contribution in [1.29, 1.82) is 0 Å². The lowest BCUT2D eigenvalue weighted by Crippen LogP contribution is -2.33. The maximum Gasteiger partial charge on any atom is 0.341 e. The van der Waals surface area contributed by atoms with Crippen molar-refractivity contribution in [2.45, 2.75) is 32.7 Å². The normalized spacial score (nSPS) is 15.1. The van der Waals surface area contributed by atoms with Crippen LogP contribution in [0.25, 0.3) is 161 Å². The SMILES string of the molecule is C[n+]1c2n(c3cc4cccnn4c31)Cc1cnccc1-2.[2H]C([2H])([2H])[n+]1c2n(c3cc4cccnn4c31)Cc1cnccc1-2.[2H]C([2H])([2H])n1c2[n+](c3c1c1ncccc1n3-c1ccccc1)Cc1cnccc1-2.[2H]C([2H])([2H])n1c2[n+](c3oc4cccnc4c31)Cc1cnccc1-2.[2H]C([2H])([2H])n1c2[n+](c3sc4cccnc4c31)Cc1cnccc1-2. The Kier molecular flexibility index (Phi) is 10.4. The number of nitrogens with zero attached hydrogens (tertiary/aromatic N) is 23. The van der Waals surface area contributed by atoms with E-state index in [1.807, 2.05) is 148 Å². The zero-order valence-electron chi connectivity index (χ0n) is 68.0. The molecule has 0 bridgehead atoms. The number of hydrogen-bond donors (Lipinski definition) is 0. The number of aryl methyl sites for hydroxylation is 5. The molecule has 20 aromatic heterocycles. The smallest absolute Gasteiger partial charge is 0.341 e. The van der Waals surface area contributed by atoms with Crippen molar-refractivity contribution in [3.8, 4) is 62.6 Å². The Labute approximate surface area is 621 Å². The predicted octanol–water partition coefficient (Wildman–Crippen LogP) is 10.8. The molecule has 0 saturated heterocycles. The highest BCUT2D eigenvalue weighted by Gasteiger charge is 2.41. The minimum atomic E-state index is -2.35. The lowest BCUT2D eigenvalue weighted by Gasteiger charge is -2.02. The van der Waals surface area contributed by atoms with Crippen LogP contribution in [0.4, 0.5) is 0 Å². The molecule has 0 radical (unpaired) electrons. The molecule has 0 spiro atoms. The van der Waals surface area contributed by atoms with Crippen LogP contribution in [0.3, 0.4) is 0 Å². The number of aromatic nitrogens is 23. The van der Waals surface area contributed by atoms with Gasteiger partial charge in [-0.25, -0.2) is 51.1 Å². The Bertz CT molecular complexity index is 7380. The van der Waals surface area contributed by atoms with Gasteiger partial charge in [0.25, 0.3) is 28.6 Å². The number of pyridine rings is 8. The second kappa shape index (κ2) is 22.6. The number of hydrogen-bond acceptors (Lipinski definition) is 12. The average Bonchev–Trinajstić information content (AvgIpc) is 1.54. The Morgan fingerprint density at radius 1 is 0.425 bits per heavy atom. The fourth-order valence-corrected chi connectivity index (χ4v) is 17.6. The van der Waals surface area contributed by atoms with Crippen LogP contribution in [0.15, 0.2) is 231 Å². The summed E-state index contributed by atoms with van der Waals surface area (Å²) in [7, 11) is 2.10. The molecule has 508 valence electrons. The summed E-state index contributed by atoms with van der Waals surface area (Å²) in [6.45, 7) is -5.99. The van der Waals surface area contributed by atoms with Gasteiger partial charge >= 0.3 is 5.71 Å². The molecule has 24 nitrogen and oxygen atoms in total. The standard InChI is InChI=1S/C21H16N5.2C15H12N5.C15H11N4O.C15H11N4S/c1-24-19-18-17(8-5-10-23-18)26(15-6-3-2-4-7-15)21(19)25-13-14-12-22-11-9-16(14)20(24)25;2*1-18-14-12-4-6-16-8-10(12)9-19(14)13-7-11-3-2-5-17-20(11)15(13)18;2*1-18-13-12-11(3-2-5-17-12)20-15(13)19-8-9-7-16-6-4-10(9)14(18)19/h2-12H,13H2,1H3;2*2-8H,9H2,1H3;2*2-7H,8H2,1H3/q5*+1/i2*1D3;;2*1D3. The minimum Gasteiger partial charge on any atom is -0.417 e. The highest BCUT2D eigenvalue weighted by Crippen LogP contribution is 2.41. The van der Waals surface area contributed by atoms with Crippen LogP contribution in [0.5, 0.6) is 0 Å².